The van der Waals surface area contributed by atoms with Gasteiger partial charge in [0.15, 0.2) is 17.5 Å². The van der Waals surface area contributed by atoms with Crippen LogP contribution in [0.5, 0.6) is 0 Å². The average molecular weight is 635 g/mol. The van der Waals surface area contributed by atoms with Crippen LogP contribution in [0.3, 0.4) is 0 Å². The number of hydrogen-bond donors (Lipinski definition) is 0. The number of para-hydroxylation sites is 1. The molecular weight excluding hydrogens is 599 g/mol. The van der Waals surface area contributed by atoms with Crippen molar-refractivity contribution < 1.29 is 14.0 Å². The first-order chi connectivity index (χ1) is 27.2. The molecule has 0 saturated carbocycles. The Morgan fingerprint density at radius 2 is 0.816 bits per heavy atom. The molecule has 9 rings (SSSR count). The number of nitrogens with zero attached hydrogens (tertiary/aromatic N) is 3. The summed E-state index contributed by atoms with van der Waals surface area (Å²) in [5, 5.41) is 0.0270. The first-order valence-electron chi connectivity index (χ1n) is 19.3. The molecule has 9 aromatic rings. The van der Waals surface area contributed by atoms with Gasteiger partial charge < -0.3 is 4.42 Å². The van der Waals surface area contributed by atoms with Gasteiger partial charge in [0.1, 0.15) is 11.2 Å². The smallest absolute Gasteiger partial charge is 0.164 e. The topological polar surface area (TPSA) is 51.8 Å². The van der Waals surface area contributed by atoms with Crippen molar-refractivity contribution in [2.24, 2.45) is 0 Å². The Morgan fingerprint density at radius 1 is 0.367 bits per heavy atom. The minimum atomic E-state index is -0.467. The van der Waals surface area contributed by atoms with Gasteiger partial charge in [0.05, 0.1) is 9.60 Å². The number of rotatable bonds is 6. The standard InChI is InChI=1S/C45H29N3O/c1-3-10-30(11-4-1)31-18-22-34(23-19-31)44-46-43(33-12-5-2-6-13-33)47-45(48-44)35-24-20-32(21-25-35)36-14-9-15-37(28-36)38-26-27-40-39-16-7-8-17-41(39)49-42(40)29-38/h1-29H/i7D,8D,16D,17D,26D,27D,29D. The molecule has 49 heavy (non-hydrogen) atoms. The molecule has 0 fully saturated rings. The molecule has 0 unspecified atom stereocenters. The van der Waals surface area contributed by atoms with Crippen molar-refractivity contribution in [1.82, 2.24) is 15.0 Å². The molecule has 0 spiro atoms. The lowest BCUT2D eigenvalue weighted by atomic mass is 9.97. The molecular formula is C45H29N3O. The van der Waals surface area contributed by atoms with Crippen molar-refractivity contribution in [3.8, 4) is 67.5 Å². The zero-order chi connectivity index (χ0) is 38.7. The van der Waals surface area contributed by atoms with Crippen molar-refractivity contribution >= 4 is 21.9 Å². The molecule has 4 heteroatoms. The highest BCUT2D eigenvalue weighted by Crippen LogP contribution is 2.34. The van der Waals surface area contributed by atoms with Crippen LogP contribution in [0, 0.1) is 0 Å². The molecule has 0 aliphatic carbocycles. The fraction of sp³-hybridized carbons (Fsp3) is 0. The van der Waals surface area contributed by atoms with Crippen molar-refractivity contribution in [3.05, 3.63) is 176 Å². The van der Waals surface area contributed by atoms with E-state index in [2.05, 4.69) is 24.3 Å². The van der Waals surface area contributed by atoms with E-state index in [1.54, 1.807) is 6.07 Å². The molecule has 0 saturated heterocycles. The molecule has 0 aliphatic heterocycles. The van der Waals surface area contributed by atoms with Gasteiger partial charge in [-0.1, -0.05) is 152 Å². The van der Waals surface area contributed by atoms with Gasteiger partial charge in [0, 0.05) is 27.5 Å². The minimum absolute atomic E-state index is 0.000502. The maximum atomic E-state index is 9.07. The van der Waals surface area contributed by atoms with Crippen LogP contribution in [-0.2, 0) is 0 Å². The number of furan rings is 1. The summed E-state index contributed by atoms with van der Waals surface area (Å²) in [5.74, 6) is 1.62. The van der Waals surface area contributed by atoms with Crippen LogP contribution in [0.25, 0.3) is 89.5 Å². The predicted molar refractivity (Wildman–Crippen MR) is 200 cm³/mol. The zero-order valence-electron chi connectivity index (χ0n) is 33.0. The predicted octanol–water partition coefficient (Wildman–Crippen LogP) is 11.8. The van der Waals surface area contributed by atoms with E-state index in [0.717, 1.165) is 38.9 Å². The zero-order valence-corrected chi connectivity index (χ0v) is 26.0. The second-order valence-electron chi connectivity index (χ2n) is 11.5. The third kappa shape index (κ3) is 5.56. The SMILES string of the molecule is [2H]c1c([2H])c([2H])c2c(oc3c([2H])c(-c4cccc(-c5ccc(-c6nc(-c7ccccc7)nc(-c7ccc(-c8ccccc8)cc7)n6)cc5)c4)c([2H])c([2H])c32)c1[2H]. The first kappa shape index (κ1) is 22.0. The summed E-state index contributed by atoms with van der Waals surface area (Å²) >= 11 is 0. The van der Waals surface area contributed by atoms with Crippen LogP contribution in [0.4, 0.5) is 0 Å². The maximum absolute atomic E-state index is 9.07. The lowest BCUT2D eigenvalue weighted by Gasteiger charge is -2.10. The summed E-state index contributed by atoms with van der Waals surface area (Å²) < 4.78 is 65.7. The van der Waals surface area contributed by atoms with E-state index >= 15 is 0 Å². The van der Waals surface area contributed by atoms with Crippen LogP contribution in [0.15, 0.2) is 180 Å². The number of fused-ring (bicyclic) bond motifs is 3. The number of aromatic nitrogens is 3. The van der Waals surface area contributed by atoms with Gasteiger partial charge in [-0.05, 0) is 57.6 Å². The highest BCUT2D eigenvalue weighted by atomic mass is 16.3. The lowest BCUT2D eigenvalue weighted by molar-refractivity contribution is 0.669. The lowest BCUT2D eigenvalue weighted by Crippen LogP contribution is -2.00. The summed E-state index contributed by atoms with van der Waals surface area (Å²) in [6, 6.07) is 40.9. The monoisotopic (exact) mass is 634 g/mol. The van der Waals surface area contributed by atoms with Crippen LogP contribution < -0.4 is 0 Å². The Kier molecular flexibility index (Phi) is 5.47. The molecule has 4 nitrogen and oxygen atoms in total. The Hall–Kier alpha value is -6.65. The molecule has 230 valence electrons. The van der Waals surface area contributed by atoms with Crippen molar-refractivity contribution in [2.75, 3.05) is 0 Å². The van der Waals surface area contributed by atoms with Gasteiger partial charge in [-0.3, -0.25) is 0 Å². The molecule has 0 radical (unpaired) electrons. The fourth-order valence-corrected chi connectivity index (χ4v) is 5.90. The van der Waals surface area contributed by atoms with Crippen molar-refractivity contribution in [3.63, 3.8) is 0 Å². The van der Waals surface area contributed by atoms with E-state index in [9.17, 15) is 0 Å². The van der Waals surface area contributed by atoms with E-state index in [0.29, 0.717) is 23.0 Å². The van der Waals surface area contributed by atoms with Crippen LogP contribution in [0.2, 0.25) is 0 Å². The molecule has 2 heterocycles. The second-order valence-corrected chi connectivity index (χ2v) is 11.5. The summed E-state index contributed by atoms with van der Waals surface area (Å²) in [7, 11) is 0. The molecule has 0 atom stereocenters. The Labute approximate surface area is 293 Å². The Morgan fingerprint density at radius 3 is 1.45 bits per heavy atom. The summed E-state index contributed by atoms with van der Waals surface area (Å²) in [4.78, 5) is 14.7. The highest BCUT2D eigenvalue weighted by molar-refractivity contribution is 6.05. The third-order valence-electron chi connectivity index (χ3n) is 8.43. The fourth-order valence-electron chi connectivity index (χ4n) is 5.90. The number of hydrogen-bond acceptors (Lipinski definition) is 4. The first-order valence-corrected chi connectivity index (χ1v) is 15.8. The highest BCUT2D eigenvalue weighted by Gasteiger charge is 2.14. The van der Waals surface area contributed by atoms with Gasteiger partial charge in [-0.2, -0.15) is 0 Å². The van der Waals surface area contributed by atoms with E-state index < -0.39 is 18.1 Å². The third-order valence-corrected chi connectivity index (χ3v) is 8.43. The molecule has 0 bridgehead atoms. The quantitative estimate of drug-likeness (QED) is 0.183. The maximum Gasteiger partial charge on any atom is 0.164 e. The van der Waals surface area contributed by atoms with Gasteiger partial charge in [-0.15, -0.1) is 0 Å². The van der Waals surface area contributed by atoms with Crippen LogP contribution >= 0.6 is 0 Å². The summed E-state index contributed by atoms with van der Waals surface area (Å²) in [5.41, 5.74) is 6.90. The minimum Gasteiger partial charge on any atom is -0.456 e. The van der Waals surface area contributed by atoms with Crippen LogP contribution in [0.1, 0.15) is 9.60 Å². The Balaban J connectivity index is 1.09. The summed E-state index contributed by atoms with van der Waals surface area (Å²) in [6.45, 7) is 0. The van der Waals surface area contributed by atoms with Gasteiger partial charge >= 0.3 is 0 Å². The number of benzene rings is 7. The van der Waals surface area contributed by atoms with Crippen LogP contribution in [-0.4, -0.2) is 15.0 Å². The second kappa shape index (κ2) is 12.2. The average Bonchev–Trinajstić information content (AvgIpc) is 3.67. The molecule has 7 aromatic carbocycles. The Bertz CT molecular complexity index is 2970. The van der Waals surface area contributed by atoms with Crippen molar-refractivity contribution in [2.45, 2.75) is 0 Å². The van der Waals surface area contributed by atoms with E-state index in [-0.39, 0.29) is 51.7 Å². The normalized spacial score (nSPS) is 13.3. The molecule has 0 aliphatic rings. The molecule has 0 amide bonds. The summed E-state index contributed by atoms with van der Waals surface area (Å²) in [6.07, 6.45) is 0. The molecule has 0 N–H and O–H groups in total. The van der Waals surface area contributed by atoms with Gasteiger partial charge in [0.2, 0.25) is 0 Å². The van der Waals surface area contributed by atoms with E-state index in [1.165, 1.54) is 0 Å². The van der Waals surface area contributed by atoms with E-state index in [1.807, 2.05) is 103 Å². The van der Waals surface area contributed by atoms with Gasteiger partial charge in [-0.25, -0.2) is 15.0 Å². The van der Waals surface area contributed by atoms with E-state index in [4.69, 9.17) is 29.0 Å². The largest absolute Gasteiger partial charge is 0.456 e. The van der Waals surface area contributed by atoms with Gasteiger partial charge in [0.25, 0.3) is 0 Å². The molecule has 2 aromatic heterocycles. The van der Waals surface area contributed by atoms with Crippen molar-refractivity contribution in [1.29, 1.82) is 0 Å².